The number of nitrogens with zero attached hydrogens (tertiary/aromatic N) is 2. The molecule has 1 amide bonds. The summed E-state index contributed by atoms with van der Waals surface area (Å²) >= 11 is 9.96. The quantitative estimate of drug-likeness (QED) is 0.122. The van der Waals surface area contributed by atoms with Crippen molar-refractivity contribution in [3.05, 3.63) is 134 Å². The van der Waals surface area contributed by atoms with E-state index in [4.69, 9.17) is 25.5 Å². The van der Waals surface area contributed by atoms with Crippen molar-refractivity contribution in [2.24, 2.45) is 5.10 Å². The van der Waals surface area contributed by atoms with Gasteiger partial charge in [0.15, 0.2) is 11.5 Å². The maximum atomic E-state index is 12.5. The van der Waals surface area contributed by atoms with E-state index in [1.165, 1.54) is 23.2 Å². The number of halogens is 2. The number of hydrogen-bond acceptors (Lipinski definition) is 5. The van der Waals surface area contributed by atoms with Crippen molar-refractivity contribution < 1.29 is 18.7 Å². The van der Waals surface area contributed by atoms with Crippen LogP contribution in [0.5, 0.6) is 11.5 Å². The van der Waals surface area contributed by atoms with E-state index in [9.17, 15) is 4.79 Å². The molecule has 0 aliphatic heterocycles. The second-order valence-corrected chi connectivity index (χ2v) is 11.0. The summed E-state index contributed by atoms with van der Waals surface area (Å²) in [5.74, 6) is 1.39. The van der Waals surface area contributed by atoms with Crippen LogP contribution in [0.4, 0.5) is 0 Å². The third kappa shape index (κ3) is 7.13. The van der Waals surface area contributed by atoms with E-state index in [1.54, 1.807) is 18.2 Å². The van der Waals surface area contributed by atoms with Crippen LogP contribution in [-0.4, -0.2) is 16.7 Å². The Balaban J connectivity index is 1.12. The Morgan fingerprint density at radius 1 is 0.929 bits per heavy atom. The number of hydrogen-bond donors (Lipinski definition) is 1. The van der Waals surface area contributed by atoms with Crippen LogP contribution in [0.1, 0.15) is 44.4 Å². The van der Waals surface area contributed by atoms with Gasteiger partial charge < -0.3 is 18.5 Å². The summed E-state index contributed by atoms with van der Waals surface area (Å²) in [4.78, 5) is 12.5. The number of carbonyl (C=O) groups excluding carboxylic acids is 1. The van der Waals surface area contributed by atoms with Gasteiger partial charge >= 0.3 is 5.91 Å². The van der Waals surface area contributed by atoms with Gasteiger partial charge in [-0.25, -0.2) is 5.43 Å². The molecule has 0 unspecified atom stereocenters. The third-order valence-corrected chi connectivity index (χ3v) is 7.41. The van der Waals surface area contributed by atoms with Gasteiger partial charge in [0, 0.05) is 17.1 Å². The maximum absolute atomic E-state index is 12.5. The molecule has 0 aliphatic rings. The Labute approximate surface area is 257 Å². The summed E-state index contributed by atoms with van der Waals surface area (Å²) in [6.07, 6.45) is 1.49. The van der Waals surface area contributed by atoms with E-state index >= 15 is 0 Å². The second-order valence-electron chi connectivity index (χ2n) is 9.79. The lowest BCUT2D eigenvalue weighted by Gasteiger charge is -2.11. The van der Waals surface area contributed by atoms with Crippen LogP contribution < -0.4 is 14.9 Å². The number of furan rings is 1. The first-order valence-corrected chi connectivity index (χ1v) is 14.4. The molecule has 42 heavy (non-hydrogen) atoms. The van der Waals surface area contributed by atoms with Crippen molar-refractivity contribution in [2.75, 3.05) is 0 Å². The molecule has 5 aromatic rings. The molecule has 1 N–H and O–H groups in total. The minimum atomic E-state index is -0.484. The number of ether oxygens (including phenoxy) is 2. The van der Waals surface area contributed by atoms with Crippen molar-refractivity contribution in [1.82, 2.24) is 9.99 Å². The van der Waals surface area contributed by atoms with Gasteiger partial charge in [-0.05, 0) is 108 Å². The van der Waals surface area contributed by atoms with Crippen molar-refractivity contribution in [3.8, 4) is 17.2 Å². The molecule has 3 aromatic carbocycles. The van der Waals surface area contributed by atoms with Crippen LogP contribution in [0.3, 0.4) is 0 Å². The first-order valence-electron chi connectivity index (χ1n) is 13.2. The summed E-state index contributed by atoms with van der Waals surface area (Å²) in [5, 5.41) is 4.46. The number of aromatic nitrogens is 1. The largest absolute Gasteiger partial charge is 0.486 e. The highest BCUT2D eigenvalue weighted by molar-refractivity contribution is 9.10. The highest BCUT2D eigenvalue weighted by Crippen LogP contribution is 2.34. The zero-order chi connectivity index (χ0) is 29.6. The molecular formula is C33H29BrClN3O4. The summed E-state index contributed by atoms with van der Waals surface area (Å²) in [6, 6.07) is 26.9. The Hall–Kier alpha value is -4.27. The summed E-state index contributed by atoms with van der Waals surface area (Å²) < 4.78 is 20.3. The topological polar surface area (TPSA) is 78.0 Å². The molecule has 0 bridgehead atoms. The van der Waals surface area contributed by atoms with Crippen LogP contribution in [0.2, 0.25) is 5.02 Å². The monoisotopic (exact) mass is 645 g/mol. The van der Waals surface area contributed by atoms with E-state index in [0.717, 1.165) is 11.3 Å². The fraction of sp³-hybridized carbons (Fsp3) is 0.152. The van der Waals surface area contributed by atoms with E-state index in [1.807, 2.05) is 61.5 Å². The van der Waals surface area contributed by atoms with Crippen LogP contribution >= 0.6 is 27.5 Å². The summed E-state index contributed by atoms with van der Waals surface area (Å²) in [5.41, 5.74) is 8.78. The van der Waals surface area contributed by atoms with Crippen LogP contribution in [0.25, 0.3) is 5.69 Å². The molecule has 5 rings (SSSR count). The number of carbonyl (C=O) groups is 1. The number of amides is 1. The first kappa shape index (κ1) is 29.2. The maximum Gasteiger partial charge on any atom is 0.307 e. The molecule has 2 heterocycles. The SMILES string of the molecule is Cc1ccc(COc2c(Cl)cc(/C=N/NC(=O)c3ccc(COc4ccc(-n5c(C)ccc5C)cc4)o3)cc2Br)cc1. The van der Waals surface area contributed by atoms with E-state index in [-0.39, 0.29) is 12.4 Å². The highest BCUT2D eigenvalue weighted by atomic mass is 79.9. The van der Waals surface area contributed by atoms with Crippen molar-refractivity contribution in [3.63, 3.8) is 0 Å². The Morgan fingerprint density at radius 2 is 1.64 bits per heavy atom. The van der Waals surface area contributed by atoms with Gasteiger partial charge in [0.1, 0.15) is 24.7 Å². The van der Waals surface area contributed by atoms with Crippen LogP contribution in [0, 0.1) is 20.8 Å². The smallest absolute Gasteiger partial charge is 0.307 e. The van der Waals surface area contributed by atoms with E-state index in [0.29, 0.717) is 38.9 Å². The zero-order valence-electron chi connectivity index (χ0n) is 23.4. The van der Waals surface area contributed by atoms with Crippen LogP contribution in [0.15, 0.2) is 98.9 Å². The number of aryl methyl sites for hydroxylation is 3. The minimum Gasteiger partial charge on any atom is -0.486 e. The van der Waals surface area contributed by atoms with Crippen LogP contribution in [-0.2, 0) is 13.2 Å². The van der Waals surface area contributed by atoms with Gasteiger partial charge in [0.2, 0.25) is 0 Å². The zero-order valence-corrected chi connectivity index (χ0v) is 25.7. The molecule has 0 saturated heterocycles. The Morgan fingerprint density at radius 3 is 2.33 bits per heavy atom. The van der Waals surface area contributed by atoms with Gasteiger partial charge in [-0.1, -0.05) is 41.4 Å². The molecule has 0 radical (unpaired) electrons. The van der Waals surface area contributed by atoms with Gasteiger partial charge in [-0.3, -0.25) is 4.79 Å². The number of nitrogens with one attached hydrogen (secondary N) is 1. The number of hydrazone groups is 1. The molecular weight excluding hydrogens is 618 g/mol. The van der Waals surface area contributed by atoms with Gasteiger partial charge in [-0.2, -0.15) is 5.10 Å². The lowest BCUT2D eigenvalue weighted by molar-refractivity contribution is 0.0923. The fourth-order valence-corrected chi connectivity index (χ4v) is 5.34. The molecule has 7 nitrogen and oxygen atoms in total. The normalized spacial score (nSPS) is 11.2. The summed E-state index contributed by atoms with van der Waals surface area (Å²) in [6.45, 7) is 6.75. The molecule has 0 atom stereocenters. The standard InChI is InChI=1S/C33H29BrClN3O4/c1-21-4-8-24(9-5-21)19-41-32-29(34)16-25(17-30(32)35)18-36-37-33(39)31-15-14-28(42-31)20-40-27-12-10-26(11-13-27)38-22(2)6-7-23(38)3/h4-18H,19-20H2,1-3H3,(H,37,39)/b36-18+. The van der Waals surface area contributed by atoms with Gasteiger partial charge in [-0.15, -0.1) is 0 Å². The van der Waals surface area contributed by atoms with E-state index in [2.05, 4.69) is 57.0 Å². The minimum absolute atomic E-state index is 0.124. The molecule has 9 heteroatoms. The third-order valence-electron chi connectivity index (χ3n) is 6.54. The lowest BCUT2D eigenvalue weighted by Crippen LogP contribution is -2.16. The average molecular weight is 647 g/mol. The molecule has 0 spiro atoms. The Bertz CT molecular complexity index is 1680. The average Bonchev–Trinajstić information content (AvgIpc) is 3.59. The molecule has 2 aromatic heterocycles. The Kier molecular flexibility index (Phi) is 9.15. The van der Waals surface area contributed by atoms with Gasteiger partial charge in [0.25, 0.3) is 0 Å². The lowest BCUT2D eigenvalue weighted by atomic mass is 10.2. The predicted octanol–water partition coefficient (Wildman–Crippen LogP) is 8.33. The van der Waals surface area contributed by atoms with Crippen molar-refractivity contribution in [2.45, 2.75) is 34.0 Å². The first-order chi connectivity index (χ1) is 20.3. The van der Waals surface area contributed by atoms with Gasteiger partial charge in [0.05, 0.1) is 15.7 Å². The van der Waals surface area contributed by atoms with Crippen molar-refractivity contribution in [1.29, 1.82) is 0 Å². The predicted molar refractivity (Wildman–Crippen MR) is 168 cm³/mol. The molecule has 0 saturated carbocycles. The number of rotatable bonds is 10. The number of benzene rings is 3. The second kappa shape index (κ2) is 13.1. The fourth-order valence-electron chi connectivity index (χ4n) is 4.35. The molecule has 0 aliphatic carbocycles. The highest BCUT2D eigenvalue weighted by Gasteiger charge is 2.12. The molecule has 214 valence electrons. The molecule has 0 fully saturated rings. The van der Waals surface area contributed by atoms with Crippen molar-refractivity contribution >= 4 is 39.7 Å². The summed E-state index contributed by atoms with van der Waals surface area (Å²) in [7, 11) is 0. The van der Waals surface area contributed by atoms with E-state index < -0.39 is 5.91 Å².